The van der Waals surface area contributed by atoms with Crippen LogP contribution in [0.2, 0.25) is 0 Å². The Morgan fingerprint density at radius 1 is 1.05 bits per heavy atom. The maximum Gasteiger partial charge on any atom is 0.453 e. The van der Waals surface area contributed by atoms with E-state index in [1.807, 2.05) is 0 Å². The zero-order valence-electron chi connectivity index (χ0n) is 10.2. The van der Waals surface area contributed by atoms with Crippen molar-refractivity contribution in [3.63, 3.8) is 0 Å². The Kier molecular flexibility index (Phi) is 2.85. The first-order valence-corrected chi connectivity index (χ1v) is 5.64. The van der Waals surface area contributed by atoms with Crippen molar-refractivity contribution in [1.29, 1.82) is 0 Å². The molecule has 2 N–H and O–H groups in total. The van der Waals surface area contributed by atoms with Gasteiger partial charge < -0.3 is 10.5 Å². The molecular formula is C11H7F3N6O. The zero-order valence-corrected chi connectivity index (χ0v) is 10.2. The van der Waals surface area contributed by atoms with E-state index in [2.05, 4.69) is 20.1 Å². The summed E-state index contributed by atoms with van der Waals surface area (Å²) in [5.41, 5.74) is 5.53. The molecule has 0 aliphatic carbocycles. The molecule has 0 amide bonds. The monoisotopic (exact) mass is 296 g/mol. The lowest BCUT2D eigenvalue weighted by molar-refractivity contribution is -0.144. The number of para-hydroxylation sites is 1. The number of rotatable bonds is 2. The summed E-state index contributed by atoms with van der Waals surface area (Å²) < 4.78 is 43.6. The highest BCUT2D eigenvalue weighted by atomic mass is 19.4. The van der Waals surface area contributed by atoms with Crippen LogP contribution in [0.1, 0.15) is 5.82 Å². The van der Waals surface area contributed by atoms with E-state index in [4.69, 9.17) is 10.5 Å². The van der Waals surface area contributed by atoms with Crippen LogP contribution in [0.4, 0.5) is 19.1 Å². The number of nitrogens with two attached hydrogens (primary N) is 1. The smallest absolute Gasteiger partial charge is 0.424 e. The summed E-state index contributed by atoms with van der Waals surface area (Å²) in [5, 5.41) is 3.21. The number of hydrogen-bond donors (Lipinski definition) is 1. The van der Waals surface area contributed by atoms with Crippen molar-refractivity contribution in [3.05, 3.63) is 36.2 Å². The molecule has 0 saturated carbocycles. The average Bonchev–Trinajstić information content (AvgIpc) is 2.84. The van der Waals surface area contributed by atoms with Gasteiger partial charge >= 0.3 is 12.2 Å². The van der Waals surface area contributed by atoms with Gasteiger partial charge in [-0.2, -0.15) is 32.6 Å². The molecule has 1 aromatic carbocycles. The van der Waals surface area contributed by atoms with Crippen molar-refractivity contribution in [2.24, 2.45) is 0 Å². The molecule has 108 valence electrons. The minimum Gasteiger partial charge on any atom is -0.424 e. The molecule has 0 fully saturated rings. The lowest BCUT2D eigenvalue weighted by Gasteiger charge is -2.04. The lowest BCUT2D eigenvalue weighted by atomic mass is 10.3. The van der Waals surface area contributed by atoms with Gasteiger partial charge in [0.15, 0.2) is 0 Å². The van der Waals surface area contributed by atoms with Crippen LogP contribution >= 0.6 is 0 Å². The van der Waals surface area contributed by atoms with Gasteiger partial charge in [-0.05, 0) is 12.1 Å². The van der Waals surface area contributed by atoms with Crippen LogP contribution in [-0.2, 0) is 6.18 Å². The molecule has 21 heavy (non-hydrogen) atoms. The Morgan fingerprint density at radius 2 is 1.76 bits per heavy atom. The highest BCUT2D eigenvalue weighted by molar-refractivity contribution is 5.37. The van der Waals surface area contributed by atoms with E-state index < -0.39 is 12.0 Å². The summed E-state index contributed by atoms with van der Waals surface area (Å²) in [4.78, 5) is 10.7. The summed E-state index contributed by atoms with van der Waals surface area (Å²) in [6, 6.07) is 8.27. The van der Waals surface area contributed by atoms with Crippen molar-refractivity contribution in [3.8, 4) is 11.8 Å². The van der Waals surface area contributed by atoms with Gasteiger partial charge in [-0.3, -0.25) is 0 Å². The number of hydrogen-bond acceptors (Lipinski definition) is 6. The minimum absolute atomic E-state index is 0.215. The minimum atomic E-state index is -4.69. The lowest BCUT2D eigenvalue weighted by Crippen LogP contribution is -2.08. The third-order valence-corrected chi connectivity index (χ3v) is 2.42. The molecule has 0 bridgehead atoms. The Hall–Kier alpha value is -2.91. The number of benzene rings is 1. The molecule has 10 heteroatoms. The van der Waals surface area contributed by atoms with Crippen LogP contribution in [0.5, 0.6) is 11.8 Å². The Labute approximate surface area is 115 Å². The van der Waals surface area contributed by atoms with E-state index in [9.17, 15) is 13.2 Å². The van der Waals surface area contributed by atoms with Crippen molar-refractivity contribution < 1.29 is 17.9 Å². The molecular weight excluding hydrogens is 289 g/mol. The van der Waals surface area contributed by atoms with E-state index >= 15 is 0 Å². The second-order valence-electron chi connectivity index (χ2n) is 3.92. The fourth-order valence-electron chi connectivity index (χ4n) is 1.55. The van der Waals surface area contributed by atoms with Gasteiger partial charge in [-0.15, -0.1) is 5.10 Å². The van der Waals surface area contributed by atoms with Crippen LogP contribution in [0.3, 0.4) is 0 Å². The number of nitrogens with zero attached hydrogens (tertiary/aromatic N) is 5. The number of halogens is 3. The molecule has 3 aromatic rings. The average molecular weight is 296 g/mol. The topological polar surface area (TPSA) is 91.2 Å². The largest absolute Gasteiger partial charge is 0.453 e. The van der Waals surface area contributed by atoms with E-state index in [0.717, 1.165) is 0 Å². The van der Waals surface area contributed by atoms with E-state index in [1.54, 1.807) is 30.3 Å². The fraction of sp³-hybridized carbons (Fsp3) is 0.0909. The number of anilines is 1. The van der Waals surface area contributed by atoms with E-state index in [0.29, 0.717) is 10.3 Å². The van der Waals surface area contributed by atoms with Crippen molar-refractivity contribution >= 4 is 11.7 Å². The number of ether oxygens (including phenoxy) is 1. The standard InChI is InChI=1S/C11H7F3N6O/c12-11(13,14)7-16-9-18-10(17-8(15)20(9)19-7)21-6-4-2-1-3-5-6/h1-5H,(H2,15,16,17,18,19). The Balaban J connectivity index is 2.02. The summed E-state index contributed by atoms with van der Waals surface area (Å²) in [6.07, 6.45) is -4.69. The van der Waals surface area contributed by atoms with Crippen LogP contribution in [-0.4, -0.2) is 24.6 Å². The van der Waals surface area contributed by atoms with E-state index in [1.165, 1.54) is 0 Å². The zero-order chi connectivity index (χ0) is 15.0. The van der Waals surface area contributed by atoms with Crippen LogP contribution < -0.4 is 10.5 Å². The van der Waals surface area contributed by atoms with Crippen LogP contribution in [0, 0.1) is 0 Å². The van der Waals surface area contributed by atoms with Gasteiger partial charge in [0, 0.05) is 0 Å². The van der Waals surface area contributed by atoms with E-state index in [-0.39, 0.29) is 17.7 Å². The molecule has 0 aliphatic rings. The van der Waals surface area contributed by atoms with Gasteiger partial charge in [-0.1, -0.05) is 18.2 Å². The van der Waals surface area contributed by atoms with Crippen molar-refractivity contribution in [1.82, 2.24) is 24.6 Å². The van der Waals surface area contributed by atoms with Gasteiger partial charge in [0.25, 0.3) is 11.6 Å². The Bertz CT molecular complexity index is 786. The molecule has 0 unspecified atom stereocenters. The first-order chi connectivity index (χ1) is 9.93. The highest BCUT2D eigenvalue weighted by Gasteiger charge is 2.37. The SMILES string of the molecule is Nc1nc(Oc2ccccc2)nc2nc(C(F)(F)F)nn12. The molecule has 0 aliphatic heterocycles. The maximum absolute atomic E-state index is 12.5. The van der Waals surface area contributed by atoms with Gasteiger partial charge in [0.1, 0.15) is 5.75 Å². The van der Waals surface area contributed by atoms with Crippen molar-refractivity contribution in [2.75, 3.05) is 5.73 Å². The predicted molar refractivity (Wildman–Crippen MR) is 64.5 cm³/mol. The highest BCUT2D eigenvalue weighted by Crippen LogP contribution is 2.27. The fourth-order valence-corrected chi connectivity index (χ4v) is 1.55. The quantitative estimate of drug-likeness (QED) is 0.776. The second kappa shape index (κ2) is 4.58. The molecule has 2 heterocycles. The number of nitrogen functional groups attached to an aromatic ring is 1. The first kappa shape index (κ1) is 13.1. The van der Waals surface area contributed by atoms with Crippen LogP contribution in [0.25, 0.3) is 5.78 Å². The summed E-state index contributed by atoms with van der Waals surface area (Å²) >= 11 is 0. The first-order valence-electron chi connectivity index (χ1n) is 5.64. The molecule has 0 radical (unpaired) electrons. The summed E-state index contributed by atoms with van der Waals surface area (Å²) in [6.45, 7) is 0. The Morgan fingerprint density at radius 3 is 2.43 bits per heavy atom. The van der Waals surface area contributed by atoms with Crippen LogP contribution in [0.15, 0.2) is 30.3 Å². The van der Waals surface area contributed by atoms with Gasteiger partial charge in [0.2, 0.25) is 5.95 Å². The normalized spacial score (nSPS) is 11.8. The molecule has 3 rings (SSSR count). The number of alkyl halides is 3. The van der Waals surface area contributed by atoms with Crippen molar-refractivity contribution in [2.45, 2.75) is 6.18 Å². The second-order valence-corrected chi connectivity index (χ2v) is 3.92. The molecule has 0 atom stereocenters. The maximum atomic E-state index is 12.5. The molecule has 2 aromatic heterocycles. The third-order valence-electron chi connectivity index (χ3n) is 2.42. The summed E-state index contributed by atoms with van der Waals surface area (Å²) in [5.74, 6) is -1.59. The number of aromatic nitrogens is 5. The number of fused-ring (bicyclic) bond motifs is 1. The molecule has 7 nitrogen and oxygen atoms in total. The molecule has 0 spiro atoms. The van der Waals surface area contributed by atoms with Gasteiger partial charge in [0.05, 0.1) is 0 Å². The molecule has 0 saturated heterocycles. The third kappa shape index (κ3) is 2.55. The summed E-state index contributed by atoms with van der Waals surface area (Å²) in [7, 11) is 0. The predicted octanol–water partition coefficient (Wildman–Crippen LogP) is 1.91. The van der Waals surface area contributed by atoms with Gasteiger partial charge in [-0.25, -0.2) is 0 Å².